The lowest BCUT2D eigenvalue weighted by Crippen LogP contribution is -2.02. The fraction of sp³-hybridized carbons (Fsp3) is 0.133. The van der Waals surface area contributed by atoms with Crippen LogP contribution in [-0.4, -0.2) is 7.11 Å². The van der Waals surface area contributed by atoms with Crippen molar-refractivity contribution in [2.75, 3.05) is 7.11 Å². The predicted molar refractivity (Wildman–Crippen MR) is 81.2 cm³/mol. The molecule has 0 amide bonds. The van der Waals surface area contributed by atoms with Crippen molar-refractivity contribution in [2.45, 2.75) is 6.61 Å². The summed E-state index contributed by atoms with van der Waals surface area (Å²) >= 11 is 9.26. The average Bonchev–Trinajstić information content (AvgIpc) is 2.47. The summed E-state index contributed by atoms with van der Waals surface area (Å²) in [4.78, 5) is 0. The van der Waals surface area contributed by atoms with Gasteiger partial charge in [-0.3, -0.25) is 0 Å². The van der Waals surface area contributed by atoms with Crippen LogP contribution >= 0.6 is 27.5 Å². The minimum absolute atomic E-state index is 0.0492. The van der Waals surface area contributed by atoms with E-state index in [9.17, 15) is 4.39 Å². The van der Waals surface area contributed by atoms with Crippen molar-refractivity contribution in [2.24, 2.45) is 0 Å². The third kappa shape index (κ3) is 3.46. The summed E-state index contributed by atoms with van der Waals surface area (Å²) < 4.78 is 25.0. The average molecular weight is 371 g/mol. The summed E-state index contributed by atoms with van der Waals surface area (Å²) in [5.74, 6) is 0.329. The molecule has 21 heavy (non-hydrogen) atoms. The first-order valence-electron chi connectivity index (χ1n) is 5.90. The lowest BCUT2D eigenvalue weighted by atomic mass is 10.2. The highest BCUT2D eigenvalue weighted by Crippen LogP contribution is 2.37. The van der Waals surface area contributed by atoms with E-state index in [-0.39, 0.29) is 12.2 Å². The summed E-state index contributed by atoms with van der Waals surface area (Å²) in [5.41, 5.74) is 0.687. The Morgan fingerprint density at radius 2 is 2.14 bits per heavy atom. The van der Waals surface area contributed by atoms with Crippen LogP contribution in [0.25, 0.3) is 0 Å². The molecule has 2 rings (SSSR count). The molecule has 3 nitrogen and oxygen atoms in total. The van der Waals surface area contributed by atoms with Gasteiger partial charge in [-0.2, -0.15) is 5.26 Å². The fourth-order valence-corrected chi connectivity index (χ4v) is 2.51. The van der Waals surface area contributed by atoms with Gasteiger partial charge in [0.2, 0.25) is 0 Å². The molecule has 2 aromatic carbocycles. The van der Waals surface area contributed by atoms with Crippen LogP contribution in [0.4, 0.5) is 4.39 Å². The second-order valence-corrected chi connectivity index (χ2v) is 5.35. The number of benzene rings is 2. The second-order valence-electron chi connectivity index (χ2n) is 4.09. The third-order valence-electron chi connectivity index (χ3n) is 2.78. The van der Waals surface area contributed by atoms with E-state index < -0.39 is 5.82 Å². The van der Waals surface area contributed by atoms with Gasteiger partial charge in [0.25, 0.3) is 0 Å². The molecule has 0 N–H and O–H groups in total. The van der Waals surface area contributed by atoms with E-state index in [1.54, 1.807) is 18.2 Å². The summed E-state index contributed by atoms with van der Waals surface area (Å²) in [6.07, 6.45) is 0. The Kier molecular flexibility index (Phi) is 5.05. The Hall–Kier alpha value is -1.77. The summed E-state index contributed by atoms with van der Waals surface area (Å²) in [6, 6.07) is 9.59. The second kappa shape index (κ2) is 6.79. The van der Waals surface area contributed by atoms with Gasteiger partial charge in [0.05, 0.1) is 28.2 Å². The molecule has 0 aromatic heterocycles. The highest BCUT2D eigenvalue weighted by Gasteiger charge is 2.14. The van der Waals surface area contributed by atoms with E-state index in [1.807, 2.05) is 6.07 Å². The molecule has 0 aliphatic rings. The van der Waals surface area contributed by atoms with E-state index in [4.69, 9.17) is 26.3 Å². The first-order valence-corrected chi connectivity index (χ1v) is 7.07. The zero-order valence-electron chi connectivity index (χ0n) is 11.0. The molecule has 0 fully saturated rings. The number of methoxy groups -OCH3 is 1. The van der Waals surface area contributed by atoms with Crippen molar-refractivity contribution < 1.29 is 13.9 Å². The van der Waals surface area contributed by atoms with Gasteiger partial charge in [-0.05, 0) is 34.1 Å². The molecular formula is C15H10BrClFNO2. The van der Waals surface area contributed by atoms with Crippen molar-refractivity contribution in [1.29, 1.82) is 5.26 Å². The van der Waals surface area contributed by atoms with Crippen LogP contribution in [0.3, 0.4) is 0 Å². The molecule has 0 saturated heterocycles. The monoisotopic (exact) mass is 369 g/mol. The summed E-state index contributed by atoms with van der Waals surface area (Å²) in [5, 5.41) is 9.21. The number of nitriles is 1. The molecule has 0 aliphatic carbocycles. The zero-order chi connectivity index (χ0) is 15.4. The molecule has 2 aromatic rings. The Bertz CT molecular complexity index is 695. The maximum atomic E-state index is 13.7. The Morgan fingerprint density at radius 3 is 2.76 bits per heavy atom. The van der Waals surface area contributed by atoms with Gasteiger partial charge in [-0.1, -0.05) is 17.7 Å². The Balaban J connectivity index is 2.30. The third-order valence-corrected chi connectivity index (χ3v) is 3.72. The van der Waals surface area contributed by atoms with Crippen LogP contribution in [0.2, 0.25) is 5.02 Å². The SMILES string of the molecule is COc1cc(C#N)cc(Br)c1OCc1c(F)cccc1Cl. The number of hydrogen-bond acceptors (Lipinski definition) is 3. The lowest BCUT2D eigenvalue weighted by Gasteiger charge is -2.14. The number of ether oxygens (including phenoxy) is 2. The Labute approximate surface area is 135 Å². The van der Waals surface area contributed by atoms with E-state index >= 15 is 0 Å². The topological polar surface area (TPSA) is 42.2 Å². The number of nitrogens with zero attached hydrogens (tertiary/aromatic N) is 1. The van der Waals surface area contributed by atoms with Gasteiger partial charge >= 0.3 is 0 Å². The van der Waals surface area contributed by atoms with Crippen LogP contribution in [-0.2, 0) is 6.61 Å². The fourth-order valence-electron chi connectivity index (χ4n) is 1.74. The lowest BCUT2D eigenvalue weighted by molar-refractivity contribution is 0.278. The standard InChI is InChI=1S/C15H10BrClFNO2/c1-20-14-6-9(7-19)5-11(16)15(14)21-8-10-12(17)3-2-4-13(10)18/h2-6H,8H2,1H3. The molecule has 0 heterocycles. The minimum Gasteiger partial charge on any atom is -0.493 e. The van der Waals surface area contributed by atoms with Gasteiger partial charge in [0.1, 0.15) is 12.4 Å². The minimum atomic E-state index is -0.439. The number of hydrogen-bond donors (Lipinski definition) is 0. The molecule has 0 radical (unpaired) electrons. The molecule has 6 heteroatoms. The Morgan fingerprint density at radius 1 is 1.38 bits per heavy atom. The quantitative estimate of drug-likeness (QED) is 0.783. The van der Waals surface area contributed by atoms with Crippen molar-refractivity contribution in [3.63, 3.8) is 0 Å². The maximum absolute atomic E-state index is 13.7. The molecule has 0 atom stereocenters. The van der Waals surface area contributed by atoms with Crippen LogP contribution in [0.1, 0.15) is 11.1 Å². The van der Waals surface area contributed by atoms with E-state index in [0.29, 0.717) is 26.6 Å². The first-order chi connectivity index (χ1) is 10.1. The van der Waals surface area contributed by atoms with Gasteiger partial charge < -0.3 is 9.47 Å². The number of halogens is 3. The van der Waals surface area contributed by atoms with Crippen molar-refractivity contribution in [3.8, 4) is 17.6 Å². The normalized spacial score (nSPS) is 10.0. The summed E-state index contributed by atoms with van der Waals surface area (Å²) in [6.45, 7) is -0.0492. The molecule has 108 valence electrons. The molecule has 0 unspecified atom stereocenters. The highest BCUT2D eigenvalue weighted by atomic mass is 79.9. The van der Waals surface area contributed by atoms with Crippen LogP contribution < -0.4 is 9.47 Å². The van der Waals surface area contributed by atoms with Crippen LogP contribution in [0.15, 0.2) is 34.8 Å². The van der Waals surface area contributed by atoms with Gasteiger partial charge in [0.15, 0.2) is 11.5 Å². The van der Waals surface area contributed by atoms with Crippen molar-refractivity contribution in [1.82, 2.24) is 0 Å². The van der Waals surface area contributed by atoms with E-state index in [1.165, 1.54) is 19.2 Å². The predicted octanol–water partition coefficient (Wildman–Crippen LogP) is 4.70. The summed E-state index contributed by atoms with van der Waals surface area (Å²) in [7, 11) is 1.46. The maximum Gasteiger partial charge on any atom is 0.175 e. The molecule has 0 saturated carbocycles. The molecule has 0 spiro atoms. The van der Waals surface area contributed by atoms with Gasteiger partial charge in [-0.25, -0.2) is 4.39 Å². The van der Waals surface area contributed by atoms with Crippen molar-refractivity contribution >= 4 is 27.5 Å². The van der Waals surface area contributed by atoms with E-state index in [0.717, 1.165) is 0 Å². The van der Waals surface area contributed by atoms with Crippen LogP contribution in [0.5, 0.6) is 11.5 Å². The largest absolute Gasteiger partial charge is 0.493 e. The molecular weight excluding hydrogens is 361 g/mol. The van der Waals surface area contributed by atoms with Gasteiger partial charge in [-0.15, -0.1) is 0 Å². The number of rotatable bonds is 4. The molecule has 0 bridgehead atoms. The highest BCUT2D eigenvalue weighted by molar-refractivity contribution is 9.10. The zero-order valence-corrected chi connectivity index (χ0v) is 13.3. The first kappa shape index (κ1) is 15.6. The molecule has 0 aliphatic heterocycles. The smallest absolute Gasteiger partial charge is 0.175 e. The van der Waals surface area contributed by atoms with Crippen LogP contribution in [0, 0.1) is 17.1 Å². The van der Waals surface area contributed by atoms with Gasteiger partial charge in [0, 0.05) is 11.6 Å². The van der Waals surface area contributed by atoms with E-state index in [2.05, 4.69) is 15.9 Å². The van der Waals surface area contributed by atoms with Crippen molar-refractivity contribution in [3.05, 3.63) is 56.8 Å².